The van der Waals surface area contributed by atoms with Gasteiger partial charge >= 0.3 is 0 Å². The van der Waals surface area contributed by atoms with Gasteiger partial charge in [0.2, 0.25) is 5.12 Å². The number of amides is 1. The van der Waals surface area contributed by atoms with Crippen molar-refractivity contribution in [2.24, 2.45) is 0 Å². The Labute approximate surface area is 235 Å². The van der Waals surface area contributed by atoms with E-state index in [4.69, 9.17) is 11.6 Å². The highest BCUT2D eigenvalue weighted by atomic mass is 35.5. The van der Waals surface area contributed by atoms with Gasteiger partial charge in [-0.15, -0.1) is 35.1 Å². The number of halogens is 1. The molecule has 3 rings (SSSR count). The third-order valence-electron chi connectivity index (χ3n) is 4.87. The molecule has 0 atom stereocenters. The zero-order valence-electron chi connectivity index (χ0n) is 20.5. The minimum absolute atomic E-state index is 0.0227. The molecule has 0 heterocycles. The molecule has 0 saturated heterocycles. The van der Waals surface area contributed by atoms with Crippen LogP contribution in [-0.4, -0.2) is 42.9 Å². The van der Waals surface area contributed by atoms with Crippen LogP contribution in [0.5, 0.6) is 0 Å². The fourth-order valence-corrected chi connectivity index (χ4v) is 6.60. The van der Waals surface area contributed by atoms with E-state index in [9.17, 15) is 9.59 Å². The second kappa shape index (κ2) is 15.0. The van der Waals surface area contributed by atoms with Crippen molar-refractivity contribution >= 4 is 69.0 Å². The van der Waals surface area contributed by atoms with Crippen molar-refractivity contribution in [3.8, 4) is 0 Å². The van der Waals surface area contributed by atoms with Gasteiger partial charge in [0.05, 0.1) is 6.54 Å². The Balaban J connectivity index is 1.57. The number of carbonyl (C=O) groups excluding carboxylic acids is 2. The number of likely N-dealkylation sites (N-methyl/N-ethyl adjacent to an activating group) is 1. The minimum Gasteiger partial charge on any atom is -0.339 e. The molecule has 0 saturated carbocycles. The lowest BCUT2D eigenvalue weighted by Crippen LogP contribution is -2.15. The van der Waals surface area contributed by atoms with Gasteiger partial charge in [-0.1, -0.05) is 36.0 Å². The second-order valence-corrected chi connectivity index (χ2v) is 12.6. The molecular formula is C27H29ClN2O2S4. The second-order valence-electron chi connectivity index (χ2n) is 8.08. The van der Waals surface area contributed by atoms with Gasteiger partial charge < -0.3 is 10.2 Å². The van der Waals surface area contributed by atoms with Crippen LogP contribution in [0.1, 0.15) is 16.7 Å². The normalized spacial score (nSPS) is 10.9. The standard InChI is InChI=1S/C27H29ClN2O2S4/c1-29-16-26(31)35-22-8-4-19(5-9-22)17-33-24-12-21(15-28)13-25(14-24)34-18-20-6-10-23(11-7-20)36-27(32)30(2)3/h4-14,29H,15-18H2,1-3H3. The summed E-state index contributed by atoms with van der Waals surface area (Å²) in [5.41, 5.74) is 3.52. The number of rotatable bonds is 11. The van der Waals surface area contributed by atoms with Crippen LogP contribution in [0.2, 0.25) is 0 Å². The summed E-state index contributed by atoms with van der Waals surface area (Å²) in [6.07, 6.45) is 0. The fourth-order valence-electron chi connectivity index (χ4n) is 3.02. The average molecular weight is 577 g/mol. The largest absolute Gasteiger partial charge is 0.339 e. The average Bonchev–Trinajstić information content (AvgIpc) is 2.87. The highest BCUT2D eigenvalue weighted by Gasteiger charge is 2.08. The maximum atomic E-state index is 11.9. The van der Waals surface area contributed by atoms with Crippen LogP contribution in [-0.2, 0) is 22.2 Å². The predicted octanol–water partition coefficient (Wildman–Crippen LogP) is 7.62. The number of hydrogen-bond acceptors (Lipinski definition) is 7. The van der Waals surface area contributed by atoms with E-state index in [2.05, 4.69) is 47.8 Å². The first-order chi connectivity index (χ1) is 17.4. The lowest BCUT2D eigenvalue weighted by atomic mass is 10.2. The minimum atomic E-state index is 0.0227. The molecule has 0 fully saturated rings. The van der Waals surface area contributed by atoms with Crippen LogP contribution in [0.3, 0.4) is 0 Å². The smallest absolute Gasteiger partial charge is 0.285 e. The number of hydrogen-bond donors (Lipinski definition) is 1. The number of alkyl halides is 1. The molecule has 0 aliphatic heterocycles. The molecule has 0 aliphatic carbocycles. The summed E-state index contributed by atoms with van der Waals surface area (Å²) in [5.74, 6) is 2.16. The van der Waals surface area contributed by atoms with E-state index in [0.717, 1.165) is 26.9 Å². The Kier molecular flexibility index (Phi) is 12.1. The third kappa shape index (κ3) is 9.72. The first-order valence-corrected chi connectivity index (χ1v) is 15.4. The Morgan fingerprint density at radius 1 is 0.750 bits per heavy atom. The van der Waals surface area contributed by atoms with Crippen LogP contribution < -0.4 is 5.32 Å². The number of nitrogens with one attached hydrogen (secondary N) is 1. The van der Waals surface area contributed by atoms with Crippen LogP contribution >= 0.6 is 58.6 Å². The summed E-state index contributed by atoms with van der Waals surface area (Å²) in [6, 6.07) is 22.8. The lowest BCUT2D eigenvalue weighted by Gasteiger charge is -2.10. The van der Waals surface area contributed by atoms with E-state index in [-0.39, 0.29) is 10.4 Å². The van der Waals surface area contributed by atoms with E-state index in [0.29, 0.717) is 12.4 Å². The quantitative estimate of drug-likeness (QED) is 0.186. The van der Waals surface area contributed by atoms with Crippen molar-refractivity contribution < 1.29 is 9.59 Å². The highest BCUT2D eigenvalue weighted by molar-refractivity contribution is 8.14. The number of carbonyl (C=O) groups is 2. The van der Waals surface area contributed by atoms with Gasteiger partial charge in [0.15, 0.2) is 0 Å². The summed E-state index contributed by atoms with van der Waals surface area (Å²) in [5, 5.41) is 3.01. The van der Waals surface area contributed by atoms with Crippen molar-refractivity contribution in [3.05, 3.63) is 83.4 Å². The zero-order valence-corrected chi connectivity index (χ0v) is 24.5. The van der Waals surface area contributed by atoms with Crippen molar-refractivity contribution in [1.82, 2.24) is 10.2 Å². The molecule has 3 aromatic carbocycles. The molecule has 0 aliphatic rings. The van der Waals surface area contributed by atoms with E-state index in [1.807, 2.05) is 24.3 Å². The maximum Gasteiger partial charge on any atom is 0.285 e. The summed E-state index contributed by atoms with van der Waals surface area (Å²) < 4.78 is 0. The Hall–Kier alpha value is -1.55. The van der Waals surface area contributed by atoms with E-state index < -0.39 is 0 Å². The Morgan fingerprint density at radius 2 is 1.25 bits per heavy atom. The molecular weight excluding hydrogens is 548 g/mol. The SMILES string of the molecule is CNCC(=O)Sc1ccc(CSc2cc(CCl)cc(SCc3ccc(SC(=O)N(C)C)cc3)c2)cc1. The molecule has 0 unspecified atom stereocenters. The van der Waals surface area contributed by atoms with Crippen molar-refractivity contribution in [2.75, 3.05) is 27.7 Å². The molecule has 1 amide bonds. The summed E-state index contributed by atoms with van der Waals surface area (Å²) in [7, 11) is 5.29. The van der Waals surface area contributed by atoms with Crippen molar-refractivity contribution in [3.63, 3.8) is 0 Å². The van der Waals surface area contributed by atoms with Crippen molar-refractivity contribution in [2.45, 2.75) is 37.0 Å². The van der Waals surface area contributed by atoms with Crippen LogP contribution in [0.15, 0.2) is 86.3 Å². The highest BCUT2D eigenvalue weighted by Crippen LogP contribution is 2.32. The molecule has 0 radical (unpaired) electrons. The molecule has 1 N–H and O–H groups in total. The van der Waals surface area contributed by atoms with Gasteiger partial charge in [0.25, 0.3) is 5.24 Å². The summed E-state index contributed by atoms with van der Waals surface area (Å²) in [6.45, 7) is 0.363. The molecule has 0 spiro atoms. The zero-order chi connectivity index (χ0) is 25.9. The van der Waals surface area contributed by atoms with Crippen LogP contribution in [0.4, 0.5) is 4.79 Å². The lowest BCUT2D eigenvalue weighted by molar-refractivity contribution is -0.110. The van der Waals surface area contributed by atoms with Gasteiger partial charge in [0.1, 0.15) is 0 Å². The van der Waals surface area contributed by atoms with Gasteiger partial charge in [0, 0.05) is 51.1 Å². The number of nitrogens with zero attached hydrogens (tertiary/aromatic N) is 1. The molecule has 36 heavy (non-hydrogen) atoms. The maximum absolute atomic E-state index is 11.9. The van der Waals surface area contributed by atoms with Gasteiger partial charge in [-0.3, -0.25) is 9.59 Å². The first-order valence-electron chi connectivity index (χ1n) is 11.2. The topological polar surface area (TPSA) is 49.4 Å². The van der Waals surface area contributed by atoms with Gasteiger partial charge in [-0.25, -0.2) is 0 Å². The number of benzene rings is 3. The fraction of sp³-hybridized carbons (Fsp3) is 0.259. The van der Waals surface area contributed by atoms with Crippen LogP contribution in [0, 0.1) is 0 Å². The Morgan fingerprint density at radius 3 is 1.69 bits per heavy atom. The van der Waals surface area contributed by atoms with Gasteiger partial charge in [-0.05, 0) is 78.0 Å². The van der Waals surface area contributed by atoms with Crippen molar-refractivity contribution in [1.29, 1.82) is 0 Å². The Bertz CT molecular complexity index is 1160. The predicted molar refractivity (Wildman–Crippen MR) is 158 cm³/mol. The van der Waals surface area contributed by atoms with E-state index in [1.165, 1.54) is 44.4 Å². The van der Waals surface area contributed by atoms with Crippen LogP contribution in [0.25, 0.3) is 0 Å². The van der Waals surface area contributed by atoms with E-state index in [1.54, 1.807) is 49.6 Å². The molecule has 3 aromatic rings. The third-order valence-corrected chi connectivity index (χ3v) is 9.20. The first kappa shape index (κ1) is 29.0. The molecule has 4 nitrogen and oxygen atoms in total. The summed E-state index contributed by atoms with van der Waals surface area (Å²) >= 11 is 12.2. The molecule has 0 bridgehead atoms. The molecule has 0 aromatic heterocycles. The molecule has 9 heteroatoms. The molecule has 190 valence electrons. The van der Waals surface area contributed by atoms with Gasteiger partial charge in [-0.2, -0.15) is 0 Å². The van der Waals surface area contributed by atoms with E-state index >= 15 is 0 Å². The number of thioether (sulfide) groups is 4. The summed E-state index contributed by atoms with van der Waals surface area (Å²) in [4.78, 5) is 29.5. The monoisotopic (exact) mass is 576 g/mol.